The maximum absolute atomic E-state index is 12.4. The molecule has 2 aromatic carbocycles. The quantitative estimate of drug-likeness (QED) is 0.860. The zero-order valence-electron chi connectivity index (χ0n) is 12.3. The van der Waals surface area contributed by atoms with E-state index in [1.165, 1.54) is 0 Å². The van der Waals surface area contributed by atoms with Gasteiger partial charge in [0.25, 0.3) is 5.91 Å². The van der Waals surface area contributed by atoms with Crippen LogP contribution >= 0.6 is 11.8 Å². The predicted molar refractivity (Wildman–Crippen MR) is 88.1 cm³/mol. The van der Waals surface area contributed by atoms with E-state index in [1.54, 1.807) is 11.8 Å². The molecule has 0 aliphatic heterocycles. The number of aliphatic hydroxyl groups is 1. The molecule has 114 valence electrons. The Morgan fingerprint density at radius 1 is 1.09 bits per heavy atom. The topological polar surface area (TPSA) is 49.3 Å². The highest BCUT2D eigenvalue weighted by atomic mass is 32.2. The lowest BCUT2D eigenvalue weighted by Crippen LogP contribution is -2.32. The van der Waals surface area contributed by atoms with Crippen molar-refractivity contribution in [3.8, 4) is 0 Å². The molecule has 0 heterocycles. The molecule has 0 atom stereocenters. The number of hydrogen-bond donors (Lipinski definition) is 2. The van der Waals surface area contributed by atoms with Crippen molar-refractivity contribution in [2.75, 3.05) is 13.2 Å². The Labute approximate surface area is 134 Å². The van der Waals surface area contributed by atoms with Crippen molar-refractivity contribution >= 4 is 17.7 Å². The first-order chi connectivity index (χ1) is 10.7. The first-order valence-corrected chi connectivity index (χ1v) is 8.25. The molecule has 0 saturated heterocycles. The van der Waals surface area contributed by atoms with Gasteiger partial charge >= 0.3 is 0 Å². The average Bonchev–Trinajstić information content (AvgIpc) is 3.35. The van der Waals surface area contributed by atoms with Crippen LogP contribution < -0.4 is 5.32 Å². The fourth-order valence-corrected chi connectivity index (χ4v) is 3.25. The first kappa shape index (κ1) is 15.1. The monoisotopic (exact) mass is 313 g/mol. The maximum atomic E-state index is 12.4. The van der Waals surface area contributed by atoms with Crippen molar-refractivity contribution in [2.45, 2.75) is 22.6 Å². The number of rotatable bonds is 6. The normalized spacial score (nSPS) is 15.3. The van der Waals surface area contributed by atoms with Gasteiger partial charge in [0.1, 0.15) is 0 Å². The molecule has 1 aliphatic rings. The van der Waals surface area contributed by atoms with Crippen LogP contribution in [0.15, 0.2) is 64.4 Å². The molecule has 2 aromatic rings. The molecule has 3 rings (SSSR count). The van der Waals surface area contributed by atoms with Crippen LogP contribution in [0.25, 0.3) is 0 Å². The van der Waals surface area contributed by atoms with Gasteiger partial charge in [0.05, 0.1) is 12.2 Å². The fourth-order valence-electron chi connectivity index (χ4n) is 2.29. The number of aliphatic hydroxyl groups excluding tert-OH is 1. The largest absolute Gasteiger partial charge is 0.396 e. The molecular weight excluding hydrogens is 294 g/mol. The van der Waals surface area contributed by atoms with Crippen LogP contribution in [0.4, 0.5) is 0 Å². The first-order valence-electron chi connectivity index (χ1n) is 7.43. The lowest BCUT2D eigenvalue weighted by Gasteiger charge is -2.14. The van der Waals surface area contributed by atoms with Crippen LogP contribution in [0.1, 0.15) is 23.2 Å². The van der Waals surface area contributed by atoms with Gasteiger partial charge in [-0.2, -0.15) is 0 Å². The summed E-state index contributed by atoms with van der Waals surface area (Å²) < 4.78 is 0. The molecule has 22 heavy (non-hydrogen) atoms. The van der Waals surface area contributed by atoms with Gasteiger partial charge in [-0.15, -0.1) is 0 Å². The van der Waals surface area contributed by atoms with Gasteiger partial charge in [-0.25, -0.2) is 0 Å². The summed E-state index contributed by atoms with van der Waals surface area (Å²) in [5, 5.41) is 12.3. The van der Waals surface area contributed by atoms with Crippen LogP contribution in [-0.4, -0.2) is 24.2 Å². The third-order valence-corrected chi connectivity index (χ3v) is 5.10. The minimum Gasteiger partial charge on any atom is -0.396 e. The van der Waals surface area contributed by atoms with E-state index < -0.39 is 0 Å². The third kappa shape index (κ3) is 3.51. The molecule has 1 amide bonds. The lowest BCUT2D eigenvalue weighted by molar-refractivity contribution is 0.0932. The summed E-state index contributed by atoms with van der Waals surface area (Å²) in [6.07, 6.45) is 1.98. The van der Waals surface area contributed by atoms with E-state index in [0.717, 1.165) is 22.6 Å². The van der Waals surface area contributed by atoms with Gasteiger partial charge in [0.15, 0.2) is 0 Å². The summed E-state index contributed by atoms with van der Waals surface area (Å²) in [4.78, 5) is 14.5. The third-order valence-electron chi connectivity index (χ3n) is 4.02. The number of carbonyl (C=O) groups is 1. The zero-order chi connectivity index (χ0) is 15.4. The van der Waals surface area contributed by atoms with Crippen LogP contribution in [0, 0.1) is 5.41 Å². The van der Waals surface area contributed by atoms with Crippen LogP contribution in [-0.2, 0) is 0 Å². The van der Waals surface area contributed by atoms with Crippen molar-refractivity contribution in [1.82, 2.24) is 5.32 Å². The number of amides is 1. The van der Waals surface area contributed by atoms with Gasteiger partial charge in [0.2, 0.25) is 0 Å². The highest BCUT2D eigenvalue weighted by Crippen LogP contribution is 2.44. The second kappa shape index (κ2) is 6.55. The Kier molecular flexibility index (Phi) is 4.50. The van der Waals surface area contributed by atoms with E-state index in [1.807, 2.05) is 54.6 Å². The molecule has 1 aliphatic carbocycles. The van der Waals surface area contributed by atoms with E-state index in [4.69, 9.17) is 0 Å². The van der Waals surface area contributed by atoms with Crippen molar-refractivity contribution in [2.24, 2.45) is 5.41 Å². The smallest absolute Gasteiger partial charge is 0.252 e. The molecule has 2 N–H and O–H groups in total. The van der Waals surface area contributed by atoms with Gasteiger partial charge in [-0.05, 0) is 37.1 Å². The summed E-state index contributed by atoms with van der Waals surface area (Å²) in [6.45, 7) is 0.695. The Bertz CT molecular complexity index is 653. The van der Waals surface area contributed by atoms with Crippen molar-refractivity contribution in [1.29, 1.82) is 0 Å². The Balaban J connectivity index is 1.71. The second-order valence-corrected chi connectivity index (χ2v) is 6.87. The van der Waals surface area contributed by atoms with E-state index >= 15 is 0 Å². The van der Waals surface area contributed by atoms with Gasteiger partial charge in [-0.3, -0.25) is 4.79 Å². The van der Waals surface area contributed by atoms with E-state index in [-0.39, 0.29) is 17.9 Å². The minimum atomic E-state index is -0.0722. The highest BCUT2D eigenvalue weighted by Gasteiger charge is 2.42. The van der Waals surface area contributed by atoms with E-state index in [2.05, 4.69) is 5.32 Å². The van der Waals surface area contributed by atoms with Crippen molar-refractivity contribution in [3.05, 3.63) is 60.2 Å². The van der Waals surface area contributed by atoms with Gasteiger partial charge in [-0.1, -0.05) is 42.1 Å². The molecule has 4 heteroatoms. The van der Waals surface area contributed by atoms with E-state index in [9.17, 15) is 9.90 Å². The number of benzene rings is 2. The van der Waals surface area contributed by atoms with Gasteiger partial charge in [0, 0.05) is 21.8 Å². The van der Waals surface area contributed by atoms with Crippen LogP contribution in [0.3, 0.4) is 0 Å². The molecule has 1 fully saturated rings. The molecule has 0 radical (unpaired) electrons. The molecule has 0 unspecified atom stereocenters. The Hall–Kier alpha value is -1.78. The Morgan fingerprint density at radius 3 is 2.45 bits per heavy atom. The standard InChI is InChI=1S/C18H19NO2S/c20-13-18(10-11-18)12-19-17(21)15-8-4-5-9-16(15)22-14-6-2-1-3-7-14/h1-9,20H,10-13H2,(H,19,21). The minimum absolute atomic E-state index is 0.0706. The van der Waals surface area contributed by atoms with Crippen molar-refractivity contribution < 1.29 is 9.90 Å². The average molecular weight is 313 g/mol. The van der Waals surface area contributed by atoms with E-state index in [0.29, 0.717) is 12.1 Å². The van der Waals surface area contributed by atoms with Crippen LogP contribution in [0.5, 0.6) is 0 Å². The number of nitrogens with one attached hydrogen (secondary N) is 1. The SMILES string of the molecule is O=C(NCC1(CO)CC1)c1ccccc1Sc1ccccc1. The highest BCUT2D eigenvalue weighted by molar-refractivity contribution is 7.99. The zero-order valence-corrected chi connectivity index (χ0v) is 13.1. The molecule has 0 spiro atoms. The molecule has 3 nitrogen and oxygen atoms in total. The summed E-state index contributed by atoms with van der Waals surface area (Å²) in [7, 11) is 0. The van der Waals surface area contributed by atoms with Gasteiger partial charge < -0.3 is 10.4 Å². The summed E-state index contributed by atoms with van der Waals surface area (Å²) >= 11 is 1.59. The predicted octanol–water partition coefficient (Wildman–Crippen LogP) is 3.34. The Morgan fingerprint density at radius 2 is 1.77 bits per heavy atom. The second-order valence-electron chi connectivity index (χ2n) is 5.75. The summed E-state index contributed by atoms with van der Waals surface area (Å²) in [5.74, 6) is -0.0706. The molecule has 0 aromatic heterocycles. The number of hydrogen-bond acceptors (Lipinski definition) is 3. The lowest BCUT2D eigenvalue weighted by atomic mass is 10.1. The molecule has 1 saturated carbocycles. The maximum Gasteiger partial charge on any atom is 0.252 e. The van der Waals surface area contributed by atoms with Crippen molar-refractivity contribution in [3.63, 3.8) is 0 Å². The number of carbonyl (C=O) groups excluding carboxylic acids is 1. The molecule has 0 bridgehead atoms. The summed E-state index contributed by atoms with van der Waals surface area (Å²) in [5.41, 5.74) is 0.613. The molecular formula is C18H19NO2S. The fraction of sp³-hybridized carbons (Fsp3) is 0.278. The van der Waals surface area contributed by atoms with Crippen LogP contribution in [0.2, 0.25) is 0 Å². The summed E-state index contributed by atoms with van der Waals surface area (Å²) in [6, 6.07) is 17.7.